The van der Waals surface area contributed by atoms with E-state index in [9.17, 15) is 9.59 Å². The molecule has 0 aromatic carbocycles. The van der Waals surface area contributed by atoms with Crippen molar-refractivity contribution in [1.29, 1.82) is 0 Å². The summed E-state index contributed by atoms with van der Waals surface area (Å²) in [5, 5.41) is 3.15. The van der Waals surface area contributed by atoms with Gasteiger partial charge in [0, 0.05) is 26.1 Å². The molecule has 5 N–H and O–H groups in total. The summed E-state index contributed by atoms with van der Waals surface area (Å²) in [6, 6.07) is -0.522. The summed E-state index contributed by atoms with van der Waals surface area (Å²) in [7, 11) is 6.61. The second-order valence-corrected chi connectivity index (χ2v) is 17.9. The molecule has 0 aliphatic heterocycles. The average molecular weight is 778 g/mol. The molecule has 0 radical (unpaired) electrons. The van der Waals surface area contributed by atoms with Crippen molar-refractivity contribution >= 4 is 17.8 Å². The molecule has 2 amide bonds. The molecule has 0 spiro atoms. The first-order chi connectivity index (χ1) is 26.6. The number of amides is 2. The highest BCUT2D eigenvalue weighted by Crippen LogP contribution is 2.16. The van der Waals surface area contributed by atoms with Gasteiger partial charge in [-0.2, -0.15) is 0 Å². The lowest BCUT2D eigenvalue weighted by molar-refractivity contribution is -0.870. The fourth-order valence-corrected chi connectivity index (χ4v) is 7.62. The predicted octanol–water partition coefficient (Wildman–Crippen LogP) is 11.6. The van der Waals surface area contributed by atoms with E-state index in [2.05, 4.69) is 50.2 Å². The van der Waals surface area contributed by atoms with Crippen LogP contribution >= 0.6 is 0 Å². The molecule has 0 fully saturated rings. The minimum Gasteiger partial charge on any atom is -0.370 e. The van der Waals surface area contributed by atoms with Crippen molar-refractivity contribution in [3.05, 3.63) is 0 Å². The van der Waals surface area contributed by atoms with Crippen molar-refractivity contribution in [3.8, 4) is 0 Å². The number of carbonyl (C=O) groups excluding carboxylic acids is 2. The number of guanidine groups is 1. The average Bonchev–Trinajstić information content (AvgIpc) is 3.14. The molecule has 0 saturated carbocycles. The maximum Gasteiger partial charge on any atom is 0.245 e. The van der Waals surface area contributed by atoms with Crippen LogP contribution < -0.4 is 16.8 Å². The molecule has 0 aliphatic rings. The van der Waals surface area contributed by atoms with Crippen molar-refractivity contribution in [2.75, 3.05) is 47.3 Å². The summed E-state index contributed by atoms with van der Waals surface area (Å²) in [5.74, 6) is 0.129. The van der Waals surface area contributed by atoms with Gasteiger partial charge in [0.2, 0.25) is 11.8 Å². The summed E-state index contributed by atoms with van der Waals surface area (Å²) in [6.07, 6.45) is 41.7. The van der Waals surface area contributed by atoms with Crippen LogP contribution in [0.5, 0.6) is 0 Å². The van der Waals surface area contributed by atoms with E-state index >= 15 is 0 Å². The van der Waals surface area contributed by atoms with E-state index < -0.39 is 6.04 Å². The monoisotopic (exact) mass is 778 g/mol. The number of rotatable bonds is 42. The summed E-state index contributed by atoms with van der Waals surface area (Å²) >= 11 is 0. The number of quaternary nitrogens is 1. The van der Waals surface area contributed by atoms with E-state index in [1.54, 1.807) is 0 Å². The van der Waals surface area contributed by atoms with Gasteiger partial charge in [-0.05, 0) is 44.9 Å². The number of nitrogens with zero attached hydrogens (tertiary/aromatic N) is 3. The number of hydrogen-bond acceptors (Lipinski definition) is 3. The fourth-order valence-electron chi connectivity index (χ4n) is 7.62. The van der Waals surface area contributed by atoms with Gasteiger partial charge in [-0.1, -0.05) is 181 Å². The quantitative estimate of drug-likeness (QED) is 0.0248. The molecule has 0 aromatic heterocycles. The second kappa shape index (κ2) is 39.0. The zero-order chi connectivity index (χ0) is 40.7. The summed E-state index contributed by atoms with van der Waals surface area (Å²) in [6.45, 7) is 7.69. The maximum absolute atomic E-state index is 14.1. The maximum atomic E-state index is 14.1. The van der Waals surface area contributed by atoms with Gasteiger partial charge in [-0.3, -0.25) is 14.6 Å². The van der Waals surface area contributed by atoms with Crippen LogP contribution in [0, 0.1) is 0 Å². The molecule has 1 atom stereocenters. The van der Waals surface area contributed by atoms with E-state index in [4.69, 9.17) is 11.5 Å². The fraction of sp³-hybridized carbons (Fsp3) is 0.936. The van der Waals surface area contributed by atoms with Gasteiger partial charge in [0.1, 0.15) is 6.04 Å². The minimum absolute atomic E-state index is 0.0154. The number of nitrogens with one attached hydrogen (secondary N) is 1. The van der Waals surface area contributed by atoms with Gasteiger partial charge in [0.05, 0.1) is 27.7 Å². The first-order valence-corrected chi connectivity index (χ1v) is 24.0. The Morgan fingerprint density at radius 1 is 0.527 bits per heavy atom. The normalized spacial score (nSPS) is 12.2. The van der Waals surface area contributed by atoms with Gasteiger partial charge in [-0.15, -0.1) is 0 Å². The topological polar surface area (TPSA) is 114 Å². The van der Waals surface area contributed by atoms with Crippen molar-refractivity contribution in [3.63, 3.8) is 0 Å². The summed E-state index contributed by atoms with van der Waals surface area (Å²) in [4.78, 5) is 33.5. The van der Waals surface area contributed by atoms with Crippen LogP contribution in [0.1, 0.15) is 232 Å². The Morgan fingerprint density at radius 3 is 1.25 bits per heavy atom. The molecule has 326 valence electrons. The smallest absolute Gasteiger partial charge is 0.245 e. The molecule has 0 rings (SSSR count). The summed E-state index contributed by atoms with van der Waals surface area (Å²) < 4.78 is 0.938. The second-order valence-electron chi connectivity index (χ2n) is 17.9. The third-order valence-electron chi connectivity index (χ3n) is 11.2. The summed E-state index contributed by atoms with van der Waals surface area (Å²) in [5.41, 5.74) is 11.1. The van der Waals surface area contributed by atoms with Crippen molar-refractivity contribution in [2.24, 2.45) is 16.5 Å². The van der Waals surface area contributed by atoms with E-state index in [-0.39, 0.29) is 17.8 Å². The van der Waals surface area contributed by atoms with Crippen LogP contribution in [0.15, 0.2) is 4.99 Å². The first-order valence-electron chi connectivity index (χ1n) is 24.0. The molecule has 55 heavy (non-hydrogen) atoms. The largest absolute Gasteiger partial charge is 0.370 e. The lowest BCUT2D eigenvalue weighted by Crippen LogP contribution is -2.49. The van der Waals surface area contributed by atoms with Gasteiger partial charge in [-0.25, -0.2) is 0 Å². The van der Waals surface area contributed by atoms with E-state index in [1.165, 1.54) is 154 Å². The first kappa shape index (κ1) is 53.2. The van der Waals surface area contributed by atoms with Crippen LogP contribution in [0.3, 0.4) is 0 Å². The van der Waals surface area contributed by atoms with Gasteiger partial charge in [0.15, 0.2) is 5.96 Å². The van der Waals surface area contributed by atoms with Crippen molar-refractivity contribution < 1.29 is 14.1 Å². The molecular formula is C47H97N6O2+. The predicted molar refractivity (Wildman–Crippen MR) is 240 cm³/mol. The zero-order valence-electron chi connectivity index (χ0n) is 37.8. The SMILES string of the molecule is CCCCCCCCCCCCCCCCN(CCCCCCCCCCCCCCCC)C(=O)C(CCCN=C(N)N)NC(=O)CCCCC[N+](C)(C)C. The molecule has 0 heterocycles. The minimum atomic E-state index is -0.522. The Bertz CT molecular complexity index is 853. The molecule has 1 unspecified atom stereocenters. The van der Waals surface area contributed by atoms with Crippen LogP contribution in [0.25, 0.3) is 0 Å². The van der Waals surface area contributed by atoms with Crippen molar-refractivity contribution in [2.45, 2.75) is 238 Å². The highest BCUT2D eigenvalue weighted by molar-refractivity contribution is 5.87. The third-order valence-corrected chi connectivity index (χ3v) is 11.2. The van der Waals surface area contributed by atoms with Crippen molar-refractivity contribution in [1.82, 2.24) is 10.2 Å². The number of hydrogen-bond donors (Lipinski definition) is 3. The molecular weight excluding hydrogens is 681 g/mol. The highest BCUT2D eigenvalue weighted by Gasteiger charge is 2.25. The third kappa shape index (κ3) is 38.8. The Hall–Kier alpha value is -1.83. The van der Waals surface area contributed by atoms with Crippen LogP contribution in [0.2, 0.25) is 0 Å². The Kier molecular flexibility index (Phi) is 37.7. The van der Waals surface area contributed by atoms with E-state index in [0.717, 1.165) is 69.1 Å². The molecule has 0 saturated heterocycles. The molecule has 8 heteroatoms. The highest BCUT2D eigenvalue weighted by atomic mass is 16.2. The lowest BCUT2D eigenvalue weighted by Gasteiger charge is -2.28. The van der Waals surface area contributed by atoms with Gasteiger partial charge in [0.25, 0.3) is 0 Å². The molecule has 0 aromatic rings. The van der Waals surface area contributed by atoms with E-state index in [1.807, 2.05) is 0 Å². The number of aliphatic imine (C=N–C) groups is 1. The zero-order valence-corrected chi connectivity index (χ0v) is 37.8. The standard InChI is InChI=1S/C47H96N6O2/c1-6-8-10-12-14-16-18-20-22-24-26-28-30-34-41-52(42-35-31-29-27-25-23-21-19-17-15-13-11-9-7-2)46(55)44(38-37-40-50-47(48)49)51-45(54)39-33-32-36-43-53(3,4)5/h44H,6-43H2,1-5H3,(H4-,48,49,50,51,54)/p+1. The van der Waals surface area contributed by atoms with Gasteiger partial charge < -0.3 is 26.2 Å². The molecule has 0 aliphatic carbocycles. The number of unbranched alkanes of at least 4 members (excludes halogenated alkanes) is 28. The van der Waals surface area contributed by atoms with E-state index in [0.29, 0.717) is 25.8 Å². The number of carbonyl (C=O) groups is 2. The van der Waals surface area contributed by atoms with Crippen LogP contribution in [0.4, 0.5) is 0 Å². The lowest BCUT2D eigenvalue weighted by atomic mass is 10.0. The molecule has 8 nitrogen and oxygen atoms in total. The number of nitrogens with two attached hydrogens (primary N) is 2. The Balaban J connectivity index is 4.92. The Morgan fingerprint density at radius 2 is 0.891 bits per heavy atom. The Labute approximate surface area is 343 Å². The van der Waals surface area contributed by atoms with Crippen LogP contribution in [-0.4, -0.2) is 80.5 Å². The van der Waals surface area contributed by atoms with Crippen LogP contribution in [-0.2, 0) is 9.59 Å². The van der Waals surface area contributed by atoms with Gasteiger partial charge >= 0.3 is 0 Å². The molecule has 0 bridgehead atoms.